The van der Waals surface area contributed by atoms with E-state index in [1.54, 1.807) is 42.6 Å². The molecule has 8 heteroatoms. The van der Waals surface area contributed by atoms with Crippen molar-refractivity contribution in [3.8, 4) is 0 Å². The van der Waals surface area contributed by atoms with Gasteiger partial charge in [-0.3, -0.25) is 4.79 Å². The zero-order valence-corrected chi connectivity index (χ0v) is 16.1. The Morgan fingerprint density at radius 3 is 2.56 bits per heavy atom. The van der Waals surface area contributed by atoms with E-state index < -0.39 is 0 Å². The molecule has 0 saturated heterocycles. The largest absolute Gasteiger partial charge is 0.368 e. The summed E-state index contributed by atoms with van der Waals surface area (Å²) in [6.45, 7) is 1.98. The maximum Gasteiger partial charge on any atom is 0.222 e. The predicted molar refractivity (Wildman–Crippen MR) is 108 cm³/mol. The first-order valence-corrected chi connectivity index (χ1v) is 9.04. The summed E-state index contributed by atoms with van der Waals surface area (Å²) in [6.07, 6.45) is 2.50. The van der Waals surface area contributed by atoms with E-state index in [2.05, 4.69) is 20.3 Å². The topological polar surface area (TPSA) is 93.8 Å². The minimum atomic E-state index is -0.165. The van der Waals surface area contributed by atoms with Crippen LogP contribution in [0.2, 0.25) is 10.0 Å². The van der Waals surface area contributed by atoms with Crippen molar-refractivity contribution in [3.05, 3.63) is 69.5 Å². The lowest BCUT2D eigenvalue weighted by Crippen LogP contribution is -2.07. The van der Waals surface area contributed by atoms with Crippen LogP contribution in [0, 0.1) is 0 Å². The van der Waals surface area contributed by atoms with Gasteiger partial charge >= 0.3 is 0 Å². The molecule has 0 radical (unpaired) electrons. The van der Waals surface area contributed by atoms with Gasteiger partial charge in [0.2, 0.25) is 5.95 Å². The molecule has 0 atom stereocenters. The molecule has 2 heterocycles. The lowest BCUT2D eigenvalue weighted by Gasteiger charge is -2.09. The molecule has 138 valence electrons. The summed E-state index contributed by atoms with van der Waals surface area (Å²) in [5.41, 5.74) is 7.64. The number of anilines is 3. The molecule has 0 fully saturated rings. The zero-order chi connectivity index (χ0) is 19.4. The fraction of sp³-hybridized carbons (Fsp3) is 0.158. The molecule has 2 aromatic heterocycles. The number of halogens is 2. The highest BCUT2D eigenvalue weighted by Crippen LogP contribution is 2.26. The smallest absolute Gasteiger partial charge is 0.222 e. The van der Waals surface area contributed by atoms with Gasteiger partial charge in [0.25, 0.3) is 0 Å². The van der Waals surface area contributed by atoms with Gasteiger partial charge in [-0.05, 0) is 36.2 Å². The lowest BCUT2D eigenvalue weighted by molar-refractivity contribution is 0.0993. The van der Waals surface area contributed by atoms with Crippen LogP contribution in [0.5, 0.6) is 0 Å². The van der Waals surface area contributed by atoms with Crippen molar-refractivity contribution in [2.75, 3.05) is 11.1 Å². The van der Waals surface area contributed by atoms with Crippen molar-refractivity contribution in [2.45, 2.75) is 19.8 Å². The third kappa shape index (κ3) is 4.72. The van der Waals surface area contributed by atoms with Gasteiger partial charge in [0.05, 0.1) is 15.6 Å². The van der Waals surface area contributed by atoms with Gasteiger partial charge in [0.1, 0.15) is 11.6 Å². The summed E-state index contributed by atoms with van der Waals surface area (Å²) >= 11 is 12.2. The number of rotatable bonds is 6. The van der Waals surface area contributed by atoms with E-state index in [1.807, 2.05) is 6.92 Å². The van der Waals surface area contributed by atoms with Crippen LogP contribution < -0.4 is 11.1 Å². The van der Waals surface area contributed by atoms with Gasteiger partial charge < -0.3 is 11.1 Å². The molecule has 0 unspecified atom stereocenters. The van der Waals surface area contributed by atoms with E-state index >= 15 is 0 Å². The van der Waals surface area contributed by atoms with E-state index in [-0.39, 0.29) is 18.2 Å². The monoisotopic (exact) mass is 401 g/mol. The number of aryl methyl sites for hydroxylation is 1. The first-order valence-electron chi connectivity index (χ1n) is 8.29. The SMILES string of the molecule is CCc1cc(Nc2cc(CC(=O)c3c(Cl)cccc3Cl)ccn2)nc(N)n1. The van der Waals surface area contributed by atoms with Crippen molar-refractivity contribution in [1.29, 1.82) is 0 Å². The Morgan fingerprint density at radius 2 is 1.85 bits per heavy atom. The molecule has 3 aromatic rings. The van der Waals surface area contributed by atoms with Crippen molar-refractivity contribution >= 4 is 46.6 Å². The Balaban J connectivity index is 1.80. The standard InChI is InChI=1S/C19H17Cl2N5O/c1-2-12-10-17(26-19(22)24-12)25-16-9-11(6-7-23-16)8-15(27)18-13(20)4-3-5-14(18)21/h3-7,9-10H,2,8H2,1H3,(H3,22,23,24,25,26). The number of hydrogen-bond acceptors (Lipinski definition) is 6. The molecule has 3 N–H and O–H groups in total. The van der Waals surface area contributed by atoms with E-state index in [4.69, 9.17) is 28.9 Å². The van der Waals surface area contributed by atoms with Crippen LogP contribution in [0.25, 0.3) is 0 Å². The number of carbonyl (C=O) groups excluding carboxylic acids is 1. The van der Waals surface area contributed by atoms with Crippen LogP contribution >= 0.6 is 23.2 Å². The second-order valence-corrected chi connectivity index (χ2v) is 6.64. The average Bonchev–Trinajstić information content (AvgIpc) is 2.61. The second-order valence-electron chi connectivity index (χ2n) is 5.83. The van der Waals surface area contributed by atoms with Gasteiger partial charge in [-0.25, -0.2) is 9.97 Å². The Labute approximate surface area is 166 Å². The summed E-state index contributed by atoms with van der Waals surface area (Å²) in [6, 6.07) is 10.3. The van der Waals surface area contributed by atoms with Crippen molar-refractivity contribution in [2.24, 2.45) is 0 Å². The number of benzene rings is 1. The van der Waals surface area contributed by atoms with Gasteiger partial charge in [-0.15, -0.1) is 0 Å². The number of ketones is 1. The molecule has 0 aliphatic carbocycles. The first-order chi connectivity index (χ1) is 13.0. The summed E-state index contributed by atoms with van der Waals surface area (Å²) in [5.74, 6) is 1.12. The molecule has 3 rings (SSSR count). The maximum atomic E-state index is 12.6. The second kappa shape index (κ2) is 8.33. The number of carbonyl (C=O) groups is 1. The highest BCUT2D eigenvalue weighted by Gasteiger charge is 2.15. The molecular weight excluding hydrogens is 385 g/mol. The Kier molecular flexibility index (Phi) is 5.88. The van der Waals surface area contributed by atoms with Crippen LogP contribution in [-0.2, 0) is 12.8 Å². The van der Waals surface area contributed by atoms with Crippen LogP contribution in [0.15, 0.2) is 42.6 Å². The minimum absolute atomic E-state index is 0.146. The summed E-state index contributed by atoms with van der Waals surface area (Å²) in [5, 5.41) is 3.76. The first kappa shape index (κ1) is 19.1. The Hall–Kier alpha value is -2.70. The molecule has 0 saturated carbocycles. The normalized spacial score (nSPS) is 10.6. The number of nitrogens with one attached hydrogen (secondary N) is 1. The van der Waals surface area contributed by atoms with Crippen LogP contribution in [0.1, 0.15) is 28.5 Å². The number of hydrogen-bond donors (Lipinski definition) is 2. The third-order valence-corrected chi connectivity index (χ3v) is 4.48. The molecule has 0 bridgehead atoms. The van der Waals surface area contributed by atoms with Crippen molar-refractivity contribution < 1.29 is 4.79 Å². The molecule has 1 aromatic carbocycles. The summed E-state index contributed by atoms with van der Waals surface area (Å²) < 4.78 is 0. The van der Waals surface area contributed by atoms with Crippen molar-refractivity contribution in [3.63, 3.8) is 0 Å². The highest BCUT2D eigenvalue weighted by atomic mass is 35.5. The highest BCUT2D eigenvalue weighted by molar-refractivity contribution is 6.39. The number of nitrogens with zero attached hydrogens (tertiary/aromatic N) is 3. The van der Waals surface area contributed by atoms with E-state index in [0.717, 1.165) is 17.7 Å². The number of nitrogen functional groups attached to an aromatic ring is 1. The summed E-state index contributed by atoms with van der Waals surface area (Å²) in [7, 11) is 0. The zero-order valence-electron chi connectivity index (χ0n) is 14.5. The number of pyridine rings is 1. The molecule has 0 spiro atoms. The fourth-order valence-electron chi connectivity index (χ4n) is 2.58. The molecule has 27 heavy (non-hydrogen) atoms. The lowest BCUT2D eigenvalue weighted by atomic mass is 10.0. The molecular formula is C19H17Cl2N5O. The molecule has 0 amide bonds. The summed E-state index contributed by atoms with van der Waals surface area (Å²) in [4.78, 5) is 25.2. The predicted octanol–water partition coefficient (Wildman–Crippen LogP) is 4.49. The quantitative estimate of drug-likeness (QED) is 0.590. The molecule has 6 nitrogen and oxygen atoms in total. The van der Waals surface area contributed by atoms with Crippen LogP contribution in [0.3, 0.4) is 0 Å². The minimum Gasteiger partial charge on any atom is -0.368 e. The molecule has 0 aliphatic rings. The van der Waals surface area contributed by atoms with Gasteiger partial charge in [0.15, 0.2) is 5.78 Å². The maximum absolute atomic E-state index is 12.6. The Morgan fingerprint density at radius 1 is 1.11 bits per heavy atom. The van der Waals surface area contributed by atoms with Crippen LogP contribution in [0.4, 0.5) is 17.6 Å². The van der Waals surface area contributed by atoms with Gasteiger partial charge in [-0.1, -0.05) is 36.2 Å². The molecule has 0 aliphatic heterocycles. The van der Waals surface area contributed by atoms with Crippen LogP contribution in [-0.4, -0.2) is 20.7 Å². The van der Waals surface area contributed by atoms with Gasteiger partial charge in [0, 0.05) is 24.4 Å². The number of nitrogens with two attached hydrogens (primary N) is 1. The number of aromatic nitrogens is 3. The van der Waals surface area contributed by atoms with Gasteiger partial charge in [-0.2, -0.15) is 4.98 Å². The third-order valence-electron chi connectivity index (χ3n) is 3.85. The fourth-order valence-corrected chi connectivity index (χ4v) is 3.19. The average molecular weight is 402 g/mol. The number of Topliss-reactive ketones (excluding diaryl/α,β-unsaturated/α-hetero) is 1. The Bertz CT molecular complexity index is 973. The van der Waals surface area contributed by atoms with E-state index in [9.17, 15) is 4.79 Å². The van der Waals surface area contributed by atoms with Crippen molar-refractivity contribution in [1.82, 2.24) is 15.0 Å². The van der Waals surface area contributed by atoms with E-state index in [1.165, 1.54) is 0 Å². The van der Waals surface area contributed by atoms with E-state index in [0.29, 0.717) is 27.2 Å².